The first kappa shape index (κ1) is 18.7. The molecule has 8 heteroatoms. The van der Waals surface area contributed by atoms with Gasteiger partial charge < -0.3 is 4.90 Å². The Hall–Kier alpha value is -2.06. The van der Waals surface area contributed by atoms with Gasteiger partial charge in [0.2, 0.25) is 10.0 Å². The highest BCUT2D eigenvalue weighted by molar-refractivity contribution is 7.88. The average molecular weight is 378 g/mol. The van der Waals surface area contributed by atoms with Gasteiger partial charge in [-0.25, -0.2) is 27.5 Å². The third-order valence-electron chi connectivity index (χ3n) is 4.32. The molecular formula is C18H23FN4O2S. The number of aromatic nitrogens is 2. The quantitative estimate of drug-likeness (QED) is 0.836. The van der Waals surface area contributed by atoms with Crippen LogP contribution in [0, 0.1) is 12.7 Å². The molecule has 1 aromatic heterocycles. The minimum absolute atomic E-state index is 0.0146. The normalized spacial score (nSPS) is 15.2. The van der Waals surface area contributed by atoms with Crippen LogP contribution in [0.4, 0.5) is 10.2 Å². The third-order valence-corrected chi connectivity index (χ3v) is 5.60. The molecule has 1 aliphatic heterocycles. The van der Waals surface area contributed by atoms with E-state index in [0.29, 0.717) is 5.82 Å². The fourth-order valence-electron chi connectivity index (χ4n) is 3.02. The fraction of sp³-hybridized carbons (Fsp3) is 0.444. The van der Waals surface area contributed by atoms with E-state index in [1.807, 2.05) is 13.0 Å². The Morgan fingerprint density at radius 2 is 1.88 bits per heavy atom. The maximum atomic E-state index is 13.7. The summed E-state index contributed by atoms with van der Waals surface area (Å²) in [5.41, 5.74) is 0.933. The van der Waals surface area contributed by atoms with Crippen LogP contribution in [0.25, 0.3) is 0 Å². The van der Waals surface area contributed by atoms with Gasteiger partial charge >= 0.3 is 0 Å². The third kappa shape index (κ3) is 4.98. The molecule has 0 spiro atoms. The van der Waals surface area contributed by atoms with Gasteiger partial charge in [-0.3, -0.25) is 0 Å². The van der Waals surface area contributed by atoms with Gasteiger partial charge in [0, 0.05) is 30.4 Å². The lowest BCUT2D eigenvalue weighted by Gasteiger charge is -2.28. The maximum Gasteiger partial charge on any atom is 0.216 e. The van der Waals surface area contributed by atoms with Crippen molar-refractivity contribution in [2.75, 3.05) is 18.0 Å². The lowest BCUT2D eigenvalue weighted by molar-refractivity contribution is 0.567. The Kier molecular flexibility index (Phi) is 5.83. The zero-order valence-corrected chi connectivity index (χ0v) is 15.6. The molecule has 0 bridgehead atoms. The zero-order chi connectivity index (χ0) is 18.6. The molecule has 140 valence electrons. The van der Waals surface area contributed by atoms with Crippen molar-refractivity contribution in [3.05, 3.63) is 53.2 Å². The molecule has 0 amide bonds. The molecule has 6 nitrogen and oxygen atoms in total. The van der Waals surface area contributed by atoms with E-state index in [1.165, 1.54) is 24.6 Å². The van der Waals surface area contributed by atoms with Crippen molar-refractivity contribution in [2.24, 2.45) is 0 Å². The zero-order valence-electron chi connectivity index (χ0n) is 14.8. The average Bonchev–Trinajstić information content (AvgIpc) is 2.62. The van der Waals surface area contributed by atoms with Crippen LogP contribution >= 0.6 is 0 Å². The highest BCUT2D eigenvalue weighted by Gasteiger charge is 2.17. The first-order valence-electron chi connectivity index (χ1n) is 8.73. The number of anilines is 1. The number of halogens is 1. The second-order valence-electron chi connectivity index (χ2n) is 6.50. The van der Waals surface area contributed by atoms with Gasteiger partial charge in [-0.05, 0) is 32.3 Å². The van der Waals surface area contributed by atoms with Crippen LogP contribution in [0.2, 0.25) is 0 Å². The molecule has 1 N–H and O–H groups in total. The number of rotatable bonds is 6. The molecule has 1 aromatic carbocycles. The van der Waals surface area contributed by atoms with Crippen molar-refractivity contribution in [1.82, 2.24) is 14.7 Å². The van der Waals surface area contributed by atoms with Gasteiger partial charge in [0.15, 0.2) is 0 Å². The van der Waals surface area contributed by atoms with Gasteiger partial charge in [0.1, 0.15) is 17.5 Å². The summed E-state index contributed by atoms with van der Waals surface area (Å²) in [6.45, 7) is 3.76. The largest absolute Gasteiger partial charge is 0.357 e. The second-order valence-corrected chi connectivity index (χ2v) is 8.31. The molecule has 0 saturated carbocycles. The van der Waals surface area contributed by atoms with Crippen LogP contribution in [0.15, 0.2) is 30.3 Å². The first-order chi connectivity index (χ1) is 12.4. The van der Waals surface area contributed by atoms with Crippen LogP contribution in [0.1, 0.15) is 36.3 Å². The number of sulfonamides is 1. The van der Waals surface area contributed by atoms with E-state index >= 15 is 0 Å². The van der Waals surface area contributed by atoms with Gasteiger partial charge in [-0.2, -0.15) is 0 Å². The van der Waals surface area contributed by atoms with E-state index in [9.17, 15) is 12.8 Å². The lowest BCUT2D eigenvalue weighted by Crippen LogP contribution is -2.31. The van der Waals surface area contributed by atoms with Crippen LogP contribution < -0.4 is 9.62 Å². The Labute approximate surface area is 153 Å². The molecule has 0 aliphatic carbocycles. The molecule has 1 fully saturated rings. The van der Waals surface area contributed by atoms with E-state index in [-0.39, 0.29) is 12.1 Å². The Bertz CT molecular complexity index is 867. The molecular weight excluding hydrogens is 355 g/mol. The number of benzene rings is 1. The van der Waals surface area contributed by atoms with Gasteiger partial charge in [0.05, 0.1) is 12.3 Å². The SMILES string of the molecule is Cc1cc(N2CCCCC2)nc(CNS(=O)(=O)Cc2ccccc2F)n1. The van der Waals surface area contributed by atoms with Crippen molar-refractivity contribution in [1.29, 1.82) is 0 Å². The summed E-state index contributed by atoms with van der Waals surface area (Å²) < 4.78 is 40.6. The van der Waals surface area contributed by atoms with E-state index in [2.05, 4.69) is 19.6 Å². The van der Waals surface area contributed by atoms with Crippen molar-refractivity contribution in [3.63, 3.8) is 0 Å². The number of hydrogen-bond acceptors (Lipinski definition) is 5. The molecule has 3 rings (SSSR count). The van der Waals surface area contributed by atoms with E-state index < -0.39 is 21.6 Å². The molecule has 0 unspecified atom stereocenters. The highest BCUT2D eigenvalue weighted by atomic mass is 32.2. The summed E-state index contributed by atoms with van der Waals surface area (Å²) >= 11 is 0. The summed E-state index contributed by atoms with van der Waals surface area (Å²) in [7, 11) is -3.69. The highest BCUT2D eigenvalue weighted by Crippen LogP contribution is 2.18. The Morgan fingerprint density at radius 1 is 1.15 bits per heavy atom. The summed E-state index contributed by atoms with van der Waals surface area (Å²) in [6.07, 6.45) is 3.49. The summed E-state index contributed by atoms with van der Waals surface area (Å²) in [6, 6.07) is 7.78. The van der Waals surface area contributed by atoms with E-state index in [0.717, 1.165) is 37.4 Å². The van der Waals surface area contributed by atoms with Gasteiger partial charge in [0.25, 0.3) is 0 Å². The molecule has 26 heavy (non-hydrogen) atoms. The lowest BCUT2D eigenvalue weighted by atomic mass is 10.1. The molecule has 0 radical (unpaired) electrons. The van der Waals surface area contributed by atoms with Crippen molar-refractivity contribution < 1.29 is 12.8 Å². The summed E-state index contributed by atoms with van der Waals surface area (Å²) in [5.74, 6) is 0.310. The van der Waals surface area contributed by atoms with E-state index in [4.69, 9.17) is 0 Å². The van der Waals surface area contributed by atoms with Crippen LogP contribution in [-0.4, -0.2) is 31.5 Å². The Balaban J connectivity index is 1.68. The minimum Gasteiger partial charge on any atom is -0.357 e. The van der Waals surface area contributed by atoms with Crippen LogP contribution in [0.3, 0.4) is 0 Å². The topological polar surface area (TPSA) is 75.2 Å². The maximum absolute atomic E-state index is 13.7. The minimum atomic E-state index is -3.69. The number of hydrogen-bond donors (Lipinski definition) is 1. The first-order valence-corrected chi connectivity index (χ1v) is 10.4. The molecule has 2 aromatic rings. The van der Waals surface area contributed by atoms with Crippen LogP contribution in [-0.2, 0) is 22.3 Å². The monoisotopic (exact) mass is 378 g/mol. The molecule has 1 saturated heterocycles. The van der Waals surface area contributed by atoms with E-state index in [1.54, 1.807) is 6.07 Å². The van der Waals surface area contributed by atoms with Crippen LogP contribution in [0.5, 0.6) is 0 Å². The van der Waals surface area contributed by atoms with Crippen molar-refractivity contribution >= 4 is 15.8 Å². The predicted molar refractivity (Wildman–Crippen MR) is 98.7 cm³/mol. The van der Waals surface area contributed by atoms with Gasteiger partial charge in [-0.1, -0.05) is 18.2 Å². The summed E-state index contributed by atoms with van der Waals surface area (Å²) in [4.78, 5) is 11.0. The number of nitrogens with zero attached hydrogens (tertiary/aromatic N) is 3. The molecule has 0 atom stereocenters. The number of aryl methyl sites for hydroxylation is 1. The number of nitrogens with one attached hydrogen (secondary N) is 1. The molecule has 2 heterocycles. The Morgan fingerprint density at radius 3 is 2.62 bits per heavy atom. The molecule has 1 aliphatic rings. The second kappa shape index (κ2) is 8.09. The van der Waals surface area contributed by atoms with Crippen molar-refractivity contribution in [3.8, 4) is 0 Å². The standard InChI is InChI=1S/C18H23FN4O2S/c1-14-11-18(23-9-5-2-6-10-23)22-17(21-14)12-20-26(24,25)13-15-7-3-4-8-16(15)19/h3-4,7-8,11,20H,2,5-6,9-10,12-13H2,1H3. The fourth-order valence-corrected chi connectivity index (χ4v) is 4.12. The summed E-state index contributed by atoms with van der Waals surface area (Å²) in [5, 5.41) is 0. The number of piperidine rings is 1. The van der Waals surface area contributed by atoms with Gasteiger partial charge in [-0.15, -0.1) is 0 Å². The predicted octanol–water partition coefficient (Wildman–Crippen LogP) is 2.53. The smallest absolute Gasteiger partial charge is 0.216 e. The van der Waals surface area contributed by atoms with Crippen molar-refractivity contribution in [2.45, 2.75) is 38.5 Å².